The van der Waals surface area contributed by atoms with Crippen molar-refractivity contribution in [3.8, 4) is 12.3 Å². The van der Waals surface area contributed by atoms with Crippen LogP contribution in [0.2, 0.25) is 0 Å². The molecule has 1 fully saturated rings. The summed E-state index contributed by atoms with van der Waals surface area (Å²) in [4.78, 5) is 18.7. The van der Waals surface area contributed by atoms with Crippen LogP contribution in [0.15, 0.2) is 29.3 Å². The Hall–Kier alpha value is -1.83. The Morgan fingerprint density at radius 3 is 2.68 bits per heavy atom. The van der Waals surface area contributed by atoms with Gasteiger partial charge in [-0.15, -0.1) is 30.4 Å². The molecule has 154 valence electrons. The molecule has 0 aliphatic carbocycles. The number of nitrogens with one attached hydrogen (secondary N) is 3. The zero-order valence-corrected chi connectivity index (χ0v) is 19.1. The second kappa shape index (κ2) is 11.9. The van der Waals surface area contributed by atoms with E-state index in [-0.39, 0.29) is 42.0 Å². The van der Waals surface area contributed by atoms with Crippen LogP contribution < -0.4 is 16.0 Å². The van der Waals surface area contributed by atoms with Gasteiger partial charge in [0.25, 0.3) is 0 Å². The molecule has 0 saturated carbocycles. The highest BCUT2D eigenvalue weighted by molar-refractivity contribution is 14.0. The van der Waals surface area contributed by atoms with Gasteiger partial charge in [0.15, 0.2) is 5.96 Å². The molecule has 0 unspecified atom stereocenters. The number of carbonyl (C=O) groups is 1. The highest BCUT2D eigenvalue weighted by Gasteiger charge is 2.28. The average Bonchev–Trinajstić information content (AvgIpc) is 2.69. The summed E-state index contributed by atoms with van der Waals surface area (Å²) >= 11 is 0. The van der Waals surface area contributed by atoms with Crippen LogP contribution in [0, 0.1) is 12.3 Å². The SMILES string of the molecule is C#Cc1cccc(NC(=O)CNC(=NC)NCC(C)(C)N2CCOCC2)c1.I. The lowest BCUT2D eigenvalue weighted by Gasteiger charge is -2.41. The number of morpholine rings is 1. The van der Waals surface area contributed by atoms with E-state index >= 15 is 0 Å². The fourth-order valence-corrected chi connectivity index (χ4v) is 2.86. The maximum Gasteiger partial charge on any atom is 0.243 e. The summed E-state index contributed by atoms with van der Waals surface area (Å²) in [5.74, 6) is 2.97. The third-order valence-corrected chi connectivity index (χ3v) is 4.51. The lowest BCUT2D eigenvalue weighted by atomic mass is 10.0. The maximum absolute atomic E-state index is 12.2. The molecule has 1 aliphatic rings. The number of hydrogen-bond acceptors (Lipinski definition) is 4. The molecule has 7 nitrogen and oxygen atoms in total. The van der Waals surface area contributed by atoms with Crippen molar-refractivity contribution in [2.75, 3.05) is 51.8 Å². The number of hydrogen-bond donors (Lipinski definition) is 3. The molecular weight excluding hydrogens is 469 g/mol. The topological polar surface area (TPSA) is 78.0 Å². The first kappa shape index (κ1) is 24.2. The lowest BCUT2D eigenvalue weighted by Crippen LogP contribution is -2.56. The summed E-state index contributed by atoms with van der Waals surface area (Å²) in [6.07, 6.45) is 5.38. The van der Waals surface area contributed by atoms with Crippen LogP contribution in [0.3, 0.4) is 0 Å². The van der Waals surface area contributed by atoms with Gasteiger partial charge in [0.1, 0.15) is 0 Å². The minimum absolute atomic E-state index is 0. The summed E-state index contributed by atoms with van der Waals surface area (Å²) in [6, 6.07) is 7.19. The molecule has 1 saturated heterocycles. The molecule has 1 aliphatic heterocycles. The Balaban J connectivity index is 0.00000392. The van der Waals surface area contributed by atoms with Gasteiger partial charge in [-0.3, -0.25) is 14.7 Å². The highest BCUT2D eigenvalue weighted by atomic mass is 127. The molecule has 1 aromatic rings. The van der Waals surface area contributed by atoms with Crippen LogP contribution in [0.1, 0.15) is 19.4 Å². The van der Waals surface area contributed by atoms with Crippen molar-refractivity contribution in [2.45, 2.75) is 19.4 Å². The minimum Gasteiger partial charge on any atom is -0.379 e. The number of anilines is 1. The first-order chi connectivity index (χ1) is 12.9. The molecular formula is C20H30IN5O2. The van der Waals surface area contributed by atoms with Gasteiger partial charge in [0.2, 0.25) is 5.91 Å². The average molecular weight is 499 g/mol. The molecule has 0 atom stereocenters. The monoisotopic (exact) mass is 499 g/mol. The van der Waals surface area contributed by atoms with E-state index < -0.39 is 0 Å². The van der Waals surface area contributed by atoms with Gasteiger partial charge in [0.05, 0.1) is 19.8 Å². The number of rotatable bonds is 6. The molecule has 8 heteroatoms. The predicted molar refractivity (Wildman–Crippen MR) is 124 cm³/mol. The van der Waals surface area contributed by atoms with Gasteiger partial charge in [-0.1, -0.05) is 12.0 Å². The van der Waals surface area contributed by atoms with E-state index in [1.54, 1.807) is 19.2 Å². The van der Waals surface area contributed by atoms with Crippen molar-refractivity contribution in [3.63, 3.8) is 0 Å². The van der Waals surface area contributed by atoms with Gasteiger partial charge >= 0.3 is 0 Å². The molecule has 1 aromatic carbocycles. The molecule has 1 amide bonds. The molecule has 1 heterocycles. The number of guanidine groups is 1. The first-order valence-electron chi connectivity index (χ1n) is 9.08. The molecule has 0 radical (unpaired) electrons. The first-order valence-corrected chi connectivity index (χ1v) is 9.08. The molecule has 3 N–H and O–H groups in total. The van der Waals surface area contributed by atoms with Crippen molar-refractivity contribution < 1.29 is 9.53 Å². The van der Waals surface area contributed by atoms with E-state index in [0.29, 0.717) is 18.2 Å². The second-order valence-electron chi connectivity index (χ2n) is 6.96. The molecule has 28 heavy (non-hydrogen) atoms. The molecule has 0 aromatic heterocycles. The zero-order chi connectivity index (χ0) is 19.7. The van der Waals surface area contributed by atoms with Crippen molar-refractivity contribution in [1.82, 2.24) is 15.5 Å². The largest absolute Gasteiger partial charge is 0.379 e. The summed E-state index contributed by atoms with van der Waals surface area (Å²) in [5, 5.41) is 9.15. The van der Waals surface area contributed by atoms with Gasteiger partial charge < -0.3 is 20.7 Å². The number of halogens is 1. The number of aliphatic imine (C=N–C) groups is 1. The standard InChI is InChI=1S/C20H29N5O2.HI/c1-5-16-7-6-8-17(13-16)24-18(26)14-22-19(21-4)23-15-20(2,3)25-9-11-27-12-10-25;/h1,6-8,13H,9-12,14-15H2,2-4H3,(H,24,26)(H2,21,22,23);1H. The summed E-state index contributed by atoms with van der Waals surface area (Å²) in [7, 11) is 1.69. The second-order valence-corrected chi connectivity index (χ2v) is 6.96. The number of terminal acetylenes is 1. The maximum atomic E-state index is 12.2. The van der Waals surface area contributed by atoms with Crippen LogP contribution in [0.5, 0.6) is 0 Å². The third-order valence-electron chi connectivity index (χ3n) is 4.51. The summed E-state index contributed by atoms with van der Waals surface area (Å²) in [5.41, 5.74) is 1.36. The van der Waals surface area contributed by atoms with Crippen molar-refractivity contribution >= 4 is 41.5 Å². The summed E-state index contributed by atoms with van der Waals surface area (Å²) in [6.45, 7) is 8.54. The van der Waals surface area contributed by atoms with Crippen LogP contribution in [0.25, 0.3) is 0 Å². The van der Waals surface area contributed by atoms with E-state index in [4.69, 9.17) is 11.2 Å². The normalized spacial score (nSPS) is 15.1. The van der Waals surface area contributed by atoms with Crippen molar-refractivity contribution in [3.05, 3.63) is 29.8 Å². The Labute approximate surface area is 184 Å². The quantitative estimate of drug-likeness (QED) is 0.240. The molecule has 0 bridgehead atoms. The number of ether oxygens (including phenoxy) is 1. The summed E-state index contributed by atoms with van der Waals surface area (Å²) < 4.78 is 5.42. The van der Waals surface area contributed by atoms with E-state index in [0.717, 1.165) is 31.9 Å². The zero-order valence-electron chi connectivity index (χ0n) is 16.7. The Morgan fingerprint density at radius 2 is 2.04 bits per heavy atom. The third kappa shape index (κ3) is 7.66. The highest BCUT2D eigenvalue weighted by Crippen LogP contribution is 2.15. The van der Waals surface area contributed by atoms with Gasteiger partial charge in [-0.2, -0.15) is 0 Å². The van der Waals surface area contributed by atoms with E-state index in [1.165, 1.54) is 0 Å². The van der Waals surface area contributed by atoms with E-state index in [1.807, 2.05) is 12.1 Å². The van der Waals surface area contributed by atoms with E-state index in [9.17, 15) is 4.79 Å². The van der Waals surface area contributed by atoms with Gasteiger partial charge in [-0.05, 0) is 32.0 Å². The van der Waals surface area contributed by atoms with Crippen LogP contribution >= 0.6 is 24.0 Å². The number of amides is 1. The van der Waals surface area contributed by atoms with Crippen molar-refractivity contribution in [2.24, 2.45) is 4.99 Å². The smallest absolute Gasteiger partial charge is 0.243 e. The van der Waals surface area contributed by atoms with Crippen molar-refractivity contribution in [1.29, 1.82) is 0 Å². The van der Waals surface area contributed by atoms with Crippen LogP contribution in [-0.2, 0) is 9.53 Å². The van der Waals surface area contributed by atoms with E-state index in [2.05, 4.69) is 45.6 Å². The Bertz CT molecular complexity index is 709. The number of nitrogens with zero attached hydrogens (tertiary/aromatic N) is 2. The van der Waals surface area contributed by atoms with Crippen LogP contribution in [0.4, 0.5) is 5.69 Å². The van der Waals surface area contributed by atoms with Gasteiger partial charge in [-0.25, -0.2) is 0 Å². The fraction of sp³-hybridized carbons (Fsp3) is 0.500. The predicted octanol–water partition coefficient (Wildman–Crippen LogP) is 1.50. The number of carbonyl (C=O) groups excluding carboxylic acids is 1. The molecule has 0 spiro atoms. The minimum atomic E-state index is -0.167. The lowest BCUT2D eigenvalue weighted by molar-refractivity contribution is -0.115. The Morgan fingerprint density at radius 1 is 1.32 bits per heavy atom. The van der Waals surface area contributed by atoms with Crippen LogP contribution in [-0.4, -0.2) is 68.7 Å². The molecule has 2 rings (SSSR count). The number of benzene rings is 1. The van der Waals surface area contributed by atoms with Gasteiger partial charge in [0, 0.05) is 43.5 Å². The Kier molecular flexibility index (Phi) is 10.3. The fourth-order valence-electron chi connectivity index (χ4n) is 2.86.